The molecule has 0 unspecified atom stereocenters. The molecule has 0 bridgehead atoms. The first-order chi connectivity index (χ1) is 14.9. The lowest BCUT2D eigenvalue weighted by atomic mass is 10.1. The predicted molar refractivity (Wildman–Crippen MR) is 127 cm³/mol. The number of carbonyl (C=O) groups is 1. The van der Waals surface area contributed by atoms with E-state index in [9.17, 15) is 4.79 Å². The molecule has 1 N–H and O–H groups in total. The largest absolute Gasteiger partial charge is 0.461 e. The van der Waals surface area contributed by atoms with E-state index in [1.807, 2.05) is 57.2 Å². The van der Waals surface area contributed by atoms with Crippen LogP contribution < -0.4 is 5.32 Å². The highest BCUT2D eigenvalue weighted by Crippen LogP contribution is 2.37. The Morgan fingerprint density at radius 1 is 1.13 bits per heavy atom. The Bertz CT molecular complexity index is 1230. The van der Waals surface area contributed by atoms with Gasteiger partial charge in [0.05, 0.1) is 22.7 Å². The Morgan fingerprint density at radius 3 is 2.65 bits per heavy atom. The zero-order valence-corrected chi connectivity index (χ0v) is 19.1. The van der Waals surface area contributed by atoms with E-state index in [0.717, 1.165) is 38.2 Å². The van der Waals surface area contributed by atoms with Crippen LogP contribution in [-0.4, -0.2) is 22.5 Å². The molecule has 31 heavy (non-hydrogen) atoms. The number of rotatable bonds is 6. The van der Waals surface area contributed by atoms with Crippen molar-refractivity contribution in [2.45, 2.75) is 27.2 Å². The zero-order chi connectivity index (χ0) is 22.0. The van der Waals surface area contributed by atoms with Crippen molar-refractivity contribution in [2.24, 2.45) is 0 Å². The molecule has 2 aromatic carbocycles. The molecule has 0 aliphatic rings. The molecule has 4 aromatic rings. The van der Waals surface area contributed by atoms with Crippen molar-refractivity contribution in [3.8, 4) is 0 Å². The van der Waals surface area contributed by atoms with Crippen molar-refractivity contribution in [1.29, 1.82) is 0 Å². The molecule has 0 atom stereocenters. The average Bonchev–Trinajstić information content (AvgIpc) is 3.09. The summed E-state index contributed by atoms with van der Waals surface area (Å²) < 4.78 is 5.53. The third kappa shape index (κ3) is 4.55. The van der Waals surface area contributed by atoms with Gasteiger partial charge in [-0.05, 0) is 49.1 Å². The Balaban J connectivity index is 1.58. The van der Waals surface area contributed by atoms with Crippen LogP contribution in [0.4, 0.5) is 11.5 Å². The van der Waals surface area contributed by atoms with Crippen molar-refractivity contribution < 1.29 is 9.53 Å². The van der Waals surface area contributed by atoms with Crippen LogP contribution in [0.25, 0.3) is 10.2 Å². The van der Waals surface area contributed by atoms with Crippen molar-refractivity contribution in [2.75, 3.05) is 11.9 Å². The molecule has 5 nitrogen and oxygen atoms in total. The summed E-state index contributed by atoms with van der Waals surface area (Å²) in [7, 11) is 0. The first-order valence-corrected chi connectivity index (χ1v) is 11.1. The molecule has 158 valence electrons. The Morgan fingerprint density at radius 2 is 1.90 bits per heavy atom. The number of esters is 1. The minimum atomic E-state index is -0.341. The first kappa shape index (κ1) is 21.3. The van der Waals surface area contributed by atoms with Crippen LogP contribution in [0.3, 0.4) is 0 Å². The number of thiophene rings is 1. The number of nitrogens with one attached hydrogen (secondary N) is 1. The van der Waals surface area contributed by atoms with Crippen LogP contribution in [-0.2, 0) is 11.2 Å². The van der Waals surface area contributed by atoms with E-state index in [1.54, 1.807) is 0 Å². The van der Waals surface area contributed by atoms with Gasteiger partial charge in [0.15, 0.2) is 0 Å². The summed E-state index contributed by atoms with van der Waals surface area (Å²) in [5.74, 6) is 0.280. The summed E-state index contributed by atoms with van der Waals surface area (Å²) in [5, 5.41) is 4.77. The van der Waals surface area contributed by atoms with E-state index in [1.165, 1.54) is 17.7 Å². The predicted octanol–water partition coefficient (Wildman–Crippen LogP) is 6.41. The fourth-order valence-electron chi connectivity index (χ4n) is 3.53. The third-order valence-electron chi connectivity index (χ3n) is 5.05. The lowest BCUT2D eigenvalue weighted by Gasteiger charge is -2.13. The zero-order valence-electron chi connectivity index (χ0n) is 17.5. The quantitative estimate of drug-likeness (QED) is 0.343. The van der Waals surface area contributed by atoms with Gasteiger partial charge in [-0.3, -0.25) is 0 Å². The highest BCUT2D eigenvalue weighted by Gasteiger charge is 2.21. The van der Waals surface area contributed by atoms with Gasteiger partial charge in [0, 0.05) is 6.42 Å². The fourth-order valence-corrected chi connectivity index (χ4v) is 4.94. The van der Waals surface area contributed by atoms with Crippen molar-refractivity contribution in [3.05, 3.63) is 80.9 Å². The summed E-state index contributed by atoms with van der Waals surface area (Å²) in [6.45, 7) is 6.22. The van der Waals surface area contributed by atoms with Gasteiger partial charge in [-0.2, -0.15) is 0 Å². The first-order valence-electron chi connectivity index (χ1n) is 9.93. The van der Waals surface area contributed by atoms with Crippen molar-refractivity contribution in [3.63, 3.8) is 0 Å². The monoisotopic (exact) mass is 451 g/mol. The van der Waals surface area contributed by atoms with Gasteiger partial charge in [-0.1, -0.05) is 48.0 Å². The van der Waals surface area contributed by atoms with Crippen LogP contribution in [0.5, 0.6) is 0 Å². The average molecular weight is 452 g/mol. The van der Waals surface area contributed by atoms with Crippen molar-refractivity contribution in [1.82, 2.24) is 9.97 Å². The Labute approximate surface area is 190 Å². The number of carbonyl (C=O) groups excluding carboxylic acids is 1. The molecular weight excluding hydrogens is 430 g/mol. The van der Waals surface area contributed by atoms with E-state index in [2.05, 4.69) is 21.4 Å². The number of ether oxygens (including phenoxy) is 1. The molecule has 0 spiro atoms. The molecule has 4 rings (SSSR count). The SMILES string of the molecule is Cc1cc(C)c(Nc2ncnc3sc(C(=O)OCCc4ccccc4)c(C)c23)c(Cl)c1. The van der Waals surface area contributed by atoms with E-state index >= 15 is 0 Å². The second-order valence-electron chi connectivity index (χ2n) is 7.39. The molecule has 7 heteroatoms. The summed E-state index contributed by atoms with van der Waals surface area (Å²) >= 11 is 7.78. The van der Waals surface area contributed by atoms with Crippen molar-refractivity contribution >= 4 is 50.6 Å². The molecule has 0 aliphatic carbocycles. The van der Waals surface area contributed by atoms with Crippen LogP contribution in [0.2, 0.25) is 5.02 Å². The van der Waals surface area contributed by atoms with Gasteiger partial charge in [-0.15, -0.1) is 11.3 Å². The summed E-state index contributed by atoms with van der Waals surface area (Å²) in [6, 6.07) is 13.9. The van der Waals surface area contributed by atoms with Crippen LogP contribution in [0.15, 0.2) is 48.8 Å². The van der Waals surface area contributed by atoms with Gasteiger partial charge in [0.2, 0.25) is 0 Å². The van der Waals surface area contributed by atoms with Gasteiger partial charge >= 0.3 is 5.97 Å². The van der Waals surface area contributed by atoms with Gasteiger partial charge in [-0.25, -0.2) is 14.8 Å². The van der Waals surface area contributed by atoms with E-state index in [0.29, 0.717) is 28.7 Å². The summed E-state index contributed by atoms with van der Waals surface area (Å²) in [5.41, 5.74) is 4.84. The highest BCUT2D eigenvalue weighted by molar-refractivity contribution is 7.20. The van der Waals surface area contributed by atoms with Crippen LogP contribution in [0, 0.1) is 20.8 Å². The number of hydrogen-bond acceptors (Lipinski definition) is 6. The molecule has 0 saturated carbocycles. The number of benzene rings is 2. The standard InChI is InChI=1S/C24H22ClN3O2S/c1-14-11-15(2)20(18(25)12-14)28-22-19-16(3)21(31-23(19)27-13-26-22)24(29)30-10-9-17-7-5-4-6-8-17/h4-8,11-13H,9-10H2,1-3H3,(H,26,27,28). The summed E-state index contributed by atoms with van der Waals surface area (Å²) in [6.07, 6.45) is 2.16. The number of aromatic nitrogens is 2. The van der Waals surface area contributed by atoms with E-state index < -0.39 is 0 Å². The van der Waals surface area contributed by atoms with Crippen LogP contribution >= 0.6 is 22.9 Å². The molecule has 0 radical (unpaired) electrons. The van der Waals surface area contributed by atoms with E-state index in [4.69, 9.17) is 16.3 Å². The number of hydrogen-bond donors (Lipinski definition) is 1. The highest BCUT2D eigenvalue weighted by atomic mass is 35.5. The second kappa shape index (κ2) is 9.04. The molecule has 0 amide bonds. The number of nitrogens with zero attached hydrogens (tertiary/aromatic N) is 2. The normalized spacial score (nSPS) is 11.0. The number of halogens is 1. The molecule has 0 fully saturated rings. The maximum Gasteiger partial charge on any atom is 0.348 e. The minimum Gasteiger partial charge on any atom is -0.461 e. The lowest BCUT2D eigenvalue weighted by molar-refractivity contribution is 0.0514. The second-order valence-corrected chi connectivity index (χ2v) is 8.80. The molecule has 2 heterocycles. The van der Waals surface area contributed by atoms with Gasteiger partial charge < -0.3 is 10.1 Å². The molecular formula is C24H22ClN3O2S. The molecule has 0 saturated heterocycles. The third-order valence-corrected chi connectivity index (χ3v) is 6.53. The number of fused-ring (bicyclic) bond motifs is 1. The lowest BCUT2D eigenvalue weighted by Crippen LogP contribution is -2.07. The maximum atomic E-state index is 12.7. The maximum absolute atomic E-state index is 12.7. The topological polar surface area (TPSA) is 64.1 Å². The minimum absolute atomic E-state index is 0.325. The number of anilines is 2. The van der Waals surface area contributed by atoms with Gasteiger partial charge in [0.25, 0.3) is 0 Å². The fraction of sp³-hybridized carbons (Fsp3) is 0.208. The Hall–Kier alpha value is -2.96. The van der Waals surface area contributed by atoms with Gasteiger partial charge in [0.1, 0.15) is 21.9 Å². The van der Waals surface area contributed by atoms with Crippen LogP contribution in [0.1, 0.15) is 31.9 Å². The number of aryl methyl sites for hydroxylation is 3. The smallest absolute Gasteiger partial charge is 0.348 e. The summed E-state index contributed by atoms with van der Waals surface area (Å²) in [4.78, 5) is 22.8. The van der Waals surface area contributed by atoms with E-state index in [-0.39, 0.29) is 5.97 Å². The Kier molecular flexibility index (Phi) is 6.20. The molecule has 2 aromatic heterocycles. The molecule has 0 aliphatic heterocycles.